The van der Waals surface area contributed by atoms with Crippen LogP contribution in [0.25, 0.3) is 0 Å². The van der Waals surface area contributed by atoms with Crippen LogP contribution in [0.15, 0.2) is 18.2 Å². The number of fused-ring (bicyclic) bond motifs is 2. The Morgan fingerprint density at radius 2 is 1.74 bits per heavy atom. The molecule has 34 heavy (non-hydrogen) atoms. The Morgan fingerprint density at radius 1 is 1.03 bits per heavy atom. The fourth-order valence-corrected chi connectivity index (χ4v) is 6.56. The molecule has 0 aromatic heterocycles. The van der Waals surface area contributed by atoms with E-state index in [-0.39, 0.29) is 13.3 Å². The minimum absolute atomic E-state index is 0. The SMILES string of the molecule is C.O=C(O)NCC1CCC(NCc2ccc(Cl)c(C(=O)NCC34CCCC(CCC3)C4)c2)CC1. The first-order chi connectivity index (χ1) is 15.9. The van der Waals surface area contributed by atoms with E-state index in [9.17, 15) is 9.59 Å². The minimum Gasteiger partial charge on any atom is -0.465 e. The topological polar surface area (TPSA) is 90.5 Å². The van der Waals surface area contributed by atoms with Gasteiger partial charge in [-0.05, 0) is 79.9 Å². The molecule has 1 aromatic rings. The predicted molar refractivity (Wildman–Crippen MR) is 137 cm³/mol. The third kappa shape index (κ3) is 7.11. The van der Waals surface area contributed by atoms with Gasteiger partial charge in [-0.1, -0.05) is 50.8 Å². The summed E-state index contributed by atoms with van der Waals surface area (Å²) in [6.45, 7) is 2.01. The van der Waals surface area contributed by atoms with Gasteiger partial charge in [0.2, 0.25) is 0 Å². The minimum atomic E-state index is -0.945. The summed E-state index contributed by atoms with van der Waals surface area (Å²) < 4.78 is 0. The van der Waals surface area contributed by atoms with Gasteiger partial charge in [-0.25, -0.2) is 4.79 Å². The van der Waals surface area contributed by atoms with Gasteiger partial charge in [0.1, 0.15) is 0 Å². The highest BCUT2D eigenvalue weighted by Crippen LogP contribution is 2.48. The summed E-state index contributed by atoms with van der Waals surface area (Å²) in [5.74, 6) is 1.22. The molecule has 3 saturated carbocycles. The van der Waals surface area contributed by atoms with E-state index in [1.165, 1.54) is 44.9 Å². The summed E-state index contributed by atoms with van der Waals surface area (Å²) >= 11 is 6.40. The fraction of sp³-hybridized carbons (Fsp3) is 0.704. The van der Waals surface area contributed by atoms with Crippen molar-refractivity contribution in [3.8, 4) is 0 Å². The average Bonchev–Trinajstić information content (AvgIpc) is 2.81. The zero-order valence-electron chi connectivity index (χ0n) is 19.5. The van der Waals surface area contributed by atoms with Crippen molar-refractivity contribution >= 4 is 23.6 Å². The van der Waals surface area contributed by atoms with Gasteiger partial charge in [-0.15, -0.1) is 0 Å². The van der Waals surface area contributed by atoms with Gasteiger partial charge in [0.05, 0.1) is 10.6 Å². The standard InChI is InChI=1S/C26H38ClN3O3.CH4/c27-23-10-7-20(16-28-21-8-5-19(6-9-21)15-29-25(32)33)13-22(23)24(31)30-17-26-11-1-3-18(14-26)4-2-12-26;/h7,10,13,18-19,21,28-29H,1-6,8-9,11-12,14-17H2,(H,30,31)(H,32,33);1H4. The third-order valence-corrected chi connectivity index (χ3v) is 8.57. The van der Waals surface area contributed by atoms with Crippen molar-refractivity contribution in [1.82, 2.24) is 16.0 Å². The molecule has 1 aromatic carbocycles. The van der Waals surface area contributed by atoms with Gasteiger partial charge in [0.25, 0.3) is 5.91 Å². The van der Waals surface area contributed by atoms with Gasteiger partial charge in [0, 0.05) is 25.7 Å². The van der Waals surface area contributed by atoms with E-state index < -0.39 is 6.09 Å². The van der Waals surface area contributed by atoms with Crippen LogP contribution in [0.5, 0.6) is 0 Å². The molecule has 4 rings (SSSR count). The maximum absolute atomic E-state index is 13.0. The molecule has 7 heteroatoms. The molecule has 0 atom stereocenters. The number of hydrogen-bond donors (Lipinski definition) is 4. The Kier molecular flexibility index (Phi) is 9.66. The third-order valence-electron chi connectivity index (χ3n) is 8.24. The second kappa shape index (κ2) is 12.3. The van der Waals surface area contributed by atoms with Crippen LogP contribution in [-0.2, 0) is 6.54 Å². The number of hydrogen-bond acceptors (Lipinski definition) is 3. The van der Waals surface area contributed by atoms with Gasteiger partial charge < -0.3 is 21.1 Å². The molecule has 4 N–H and O–H groups in total. The van der Waals surface area contributed by atoms with E-state index >= 15 is 0 Å². The second-order valence-electron chi connectivity index (χ2n) is 10.6. The van der Waals surface area contributed by atoms with Gasteiger partial charge in [0.15, 0.2) is 0 Å². The van der Waals surface area contributed by atoms with E-state index in [4.69, 9.17) is 16.7 Å². The largest absolute Gasteiger partial charge is 0.465 e. The van der Waals surface area contributed by atoms with Crippen LogP contribution >= 0.6 is 11.6 Å². The molecule has 3 fully saturated rings. The van der Waals surface area contributed by atoms with Crippen LogP contribution < -0.4 is 16.0 Å². The lowest BCUT2D eigenvalue weighted by Crippen LogP contribution is -2.43. The number of carboxylic acid groups (broad SMARTS) is 1. The van der Waals surface area contributed by atoms with Crippen molar-refractivity contribution in [2.75, 3.05) is 13.1 Å². The first kappa shape index (κ1) is 26.8. The van der Waals surface area contributed by atoms with Crippen molar-refractivity contribution in [3.63, 3.8) is 0 Å². The first-order valence-electron chi connectivity index (χ1n) is 12.7. The molecular formula is C27H42ClN3O3. The molecule has 0 unspecified atom stereocenters. The smallest absolute Gasteiger partial charge is 0.404 e. The Labute approximate surface area is 209 Å². The summed E-state index contributed by atoms with van der Waals surface area (Å²) in [6.07, 6.45) is 12.2. The van der Waals surface area contributed by atoms with Crippen LogP contribution in [0.3, 0.4) is 0 Å². The molecule has 0 radical (unpaired) electrons. The van der Waals surface area contributed by atoms with Crippen LogP contribution in [0.1, 0.15) is 94.0 Å². The monoisotopic (exact) mass is 491 g/mol. The highest BCUT2D eigenvalue weighted by Gasteiger charge is 2.39. The van der Waals surface area contributed by atoms with E-state index in [0.717, 1.165) is 43.7 Å². The molecule has 6 nitrogen and oxygen atoms in total. The molecule has 190 valence electrons. The van der Waals surface area contributed by atoms with Crippen LogP contribution in [0.4, 0.5) is 4.79 Å². The average molecular weight is 492 g/mol. The molecule has 0 saturated heterocycles. The van der Waals surface area contributed by atoms with E-state index in [0.29, 0.717) is 41.1 Å². The fourth-order valence-electron chi connectivity index (χ4n) is 6.35. The summed E-state index contributed by atoms with van der Waals surface area (Å²) in [7, 11) is 0. The number of carbonyl (C=O) groups is 2. The number of carbonyl (C=O) groups excluding carboxylic acids is 1. The van der Waals surface area contributed by atoms with E-state index in [1.807, 2.05) is 18.2 Å². The first-order valence-corrected chi connectivity index (χ1v) is 13.1. The van der Waals surface area contributed by atoms with E-state index in [1.54, 1.807) is 0 Å². The van der Waals surface area contributed by atoms with E-state index in [2.05, 4.69) is 16.0 Å². The molecule has 0 heterocycles. The zero-order valence-corrected chi connectivity index (χ0v) is 20.3. The lowest BCUT2D eigenvalue weighted by atomic mass is 9.62. The van der Waals surface area contributed by atoms with Gasteiger partial charge in [-0.2, -0.15) is 0 Å². The molecule has 0 spiro atoms. The summed E-state index contributed by atoms with van der Waals surface area (Å²) in [4.78, 5) is 23.7. The number of halogens is 1. The normalized spacial score (nSPS) is 28.4. The van der Waals surface area contributed by atoms with Gasteiger partial charge >= 0.3 is 6.09 Å². The van der Waals surface area contributed by atoms with Crippen molar-refractivity contribution in [3.05, 3.63) is 34.3 Å². The van der Waals surface area contributed by atoms with Crippen molar-refractivity contribution in [1.29, 1.82) is 0 Å². The molecule has 3 aliphatic rings. The Hall–Kier alpha value is -1.79. The number of nitrogens with one attached hydrogen (secondary N) is 3. The van der Waals surface area contributed by atoms with Crippen LogP contribution in [0.2, 0.25) is 5.02 Å². The summed E-state index contributed by atoms with van der Waals surface area (Å²) in [6, 6.07) is 6.16. The Morgan fingerprint density at radius 3 is 2.41 bits per heavy atom. The number of amides is 2. The van der Waals surface area contributed by atoms with Crippen LogP contribution in [0, 0.1) is 17.3 Å². The quantitative estimate of drug-likeness (QED) is 0.360. The summed E-state index contributed by atoms with van der Waals surface area (Å²) in [5.41, 5.74) is 1.92. The molecular weight excluding hydrogens is 450 g/mol. The number of benzene rings is 1. The zero-order chi connectivity index (χ0) is 23.3. The lowest BCUT2D eigenvalue weighted by molar-refractivity contribution is 0.0681. The lowest BCUT2D eigenvalue weighted by Gasteiger charge is -2.45. The second-order valence-corrected chi connectivity index (χ2v) is 11.0. The number of rotatable bonds is 8. The molecule has 0 aliphatic heterocycles. The van der Waals surface area contributed by atoms with Gasteiger partial charge in [-0.3, -0.25) is 4.79 Å². The Balaban J connectivity index is 0.00000324. The maximum Gasteiger partial charge on any atom is 0.404 e. The predicted octanol–water partition coefficient (Wildman–Crippen LogP) is 5.98. The maximum atomic E-state index is 13.0. The molecule has 2 amide bonds. The molecule has 3 aliphatic carbocycles. The van der Waals surface area contributed by atoms with Crippen molar-refractivity contribution in [2.45, 2.75) is 90.6 Å². The summed E-state index contributed by atoms with van der Waals surface area (Å²) in [5, 5.41) is 18.6. The van der Waals surface area contributed by atoms with Crippen LogP contribution in [-0.4, -0.2) is 36.2 Å². The van der Waals surface area contributed by atoms with Crippen molar-refractivity contribution < 1.29 is 14.7 Å². The molecule has 2 bridgehead atoms. The Bertz CT molecular complexity index is 828. The van der Waals surface area contributed by atoms with Crippen molar-refractivity contribution in [2.24, 2.45) is 17.3 Å². The highest BCUT2D eigenvalue weighted by atomic mass is 35.5. The highest BCUT2D eigenvalue weighted by molar-refractivity contribution is 6.33.